The van der Waals surface area contributed by atoms with Gasteiger partial charge in [0.25, 0.3) is 0 Å². The number of para-hydroxylation sites is 2. The van der Waals surface area contributed by atoms with Crippen LogP contribution in [-0.4, -0.2) is 37.2 Å². The Morgan fingerprint density at radius 2 is 2.12 bits per heavy atom. The van der Waals surface area contributed by atoms with Gasteiger partial charge < -0.3 is 20.1 Å². The summed E-state index contributed by atoms with van der Waals surface area (Å²) in [5.74, 6) is 2.32. The van der Waals surface area contributed by atoms with Gasteiger partial charge in [-0.05, 0) is 19.1 Å². The van der Waals surface area contributed by atoms with Crippen LogP contribution in [0.2, 0.25) is 0 Å². The van der Waals surface area contributed by atoms with Crippen molar-refractivity contribution in [1.82, 2.24) is 15.6 Å². The Morgan fingerprint density at radius 3 is 2.83 bits per heavy atom. The van der Waals surface area contributed by atoms with E-state index in [1.807, 2.05) is 36.7 Å². The van der Waals surface area contributed by atoms with Crippen LogP contribution >= 0.6 is 35.3 Å². The second-order valence-electron chi connectivity index (χ2n) is 5.17. The molecule has 1 unspecified atom stereocenters. The third kappa shape index (κ3) is 4.73. The number of rotatable bonds is 4. The smallest absolute Gasteiger partial charge is 0.191 e. The van der Waals surface area contributed by atoms with Crippen LogP contribution in [0.5, 0.6) is 11.5 Å². The van der Waals surface area contributed by atoms with Crippen LogP contribution in [0.4, 0.5) is 0 Å². The highest BCUT2D eigenvalue weighted by molar-refractivity contribution is 14.0. The van der Waals surface area contributed by atoms with Crippen LogP contribution in [-0.2, 0) is 6.54 Å². The monoisotopic (exact) mass is 460 g/mol. The van der Waals surface area contributed by atoms with E-state index in [1.165, 1.54) is 4.88 Å². The molecule has 1 atom stereocenters. The predicted molar refractivity (Wildman–Crippen MR) is 107 cm³/mol. The maximum Gasteiger partial charge on any atom is 0.191 e. The third-order valence-corrected chi connectivity index (χ3v) is 4.48. The molecule has 1 aliphatic rings. The third-order valence-electron chi connectivity index (χ3n) is 3.55. The number of hydrogen-bond acceptors (Lipinski definition) is 5. The van der Waals surface area contributed by atoms with E-state index in [4.69, 9.17) is 9.47 Å². The van der Waals surface area contributed by atoms with E-state index >= 15 is 0 Å². The minimum Gasteiger partial charge on any atom is -0.486 e. The number of aromatic nitrogens is 1. The molecule has 0 spiro atoms. The lowest BCUT2D eigenvalue weighted by molar-refractivity contribution is 0.0936. The van der Waals surface area contributed by atoms with Crippen molar-refractivity contribution >= 4 is 41.3 Å². The van der Waals surface area contributed by atoms with E-state index in [0.717, 1.165) is 23.2 Å². The van der Waals surface area contributed by atoms with Crippen LogP contribution in [0.3, 0.4) is 0 Å². The first-order chi connectivity index (χ1) is 11.3. The molecular formula is C16H21IN4O2S. The highest BCUT2D eigenvalue weighted by Crippen LogP contribution is 2.30. The molecule has 0 radical (unpaired) electrons. The van der Waals surface area contributed by atoms with Gasteiger partial charge in [0.05, 0.1) is 24.3 Å². The topological polar surface area (TPSA) is 67.8 Å². The molecule has 2 heterocycles. The number of nitrogens with one attached hydrogen (secondary N) is 2. The highest BCUT2D eigenvalue weighted by atomic mass is 127. The van der Waals surface area contributed by atoms with Crippen molar-refractivity contribution in [3.8, 4) is 11.5 Å². The number of benzene rings is 1. The lowest BCUT2D eigenvalue weighted by Gasteiger charge is -2.27. The summed E-state index contributed by atoms with van der Waals surface area (Å²) >= 11 is 1.64. The first-order valence-electron chi connectivity index (χ1n) is 7.48. The fourth-order valence-electron chi connectivity index (χ4n) is 2.25. The Morgan fingerprint density at radius 1 is 1.33 bits per heavy atom. The molecule has 6 nitrogen and oxygen atoms in total. The summed E-state index contributed by atoms with van der Waals surface area (Å²) in [4.78, 5) is 9.68. The van der Waals surface area contributed by atoms with Gasteiger partial charge in [-0.1, -0.05) is 12.1 Å². The van der Waals surface area contributed by atoms with Gasteiger partial charge in [-0.2, -0.15) is 0 Å². The Hall–Kier alpha value is -1.55. The summed E-state index contributed by atoms with van der Waals surface area (Å²) in [7, 11) is 1.75. The summed E-state index contributed by atoms with van der Waals surface area (Å²) < 4.78 is 11.6. The molecule has 130 valence electrons. The number of aliphatic imine (C=N–C) groups is 1. The molecule has 1 aromatic heterocycles. The van der Waals surface area contributed by atoms with E-state index in [-0.39, 0.29) is 30.1 Å². The van der Waals surface area contributed by atoms with Gasteiger partial charge in [0.1, 0.15) is 12.7 Å². The normalized spacial score (nSPS) is 16.2. The summed E-state index contributed by atoms with van der Waals surface area (Å²) in [5.41, 5.74) is 2.91. The second-order valence-corrected chi connectivity index (χ2v) is 6.10. The standard InChI is InChI=1S/C16H20N4O2S.HI/c1-11-15(23-10-20-11)8-19-16(17-2)18-7-12-9-21-13-5-3-4-6-14(13)22-12;/h3-6,10,12H,7-9H2,1-2H3,(H2,17,18,19);1H. The molecule has 24 heavy (non-hydrogen) atoms. The Kier molecular flexibility index (Phi) is 7.10. The zero-order valence-electron chi connectivity index (χ0n) is 13.6. The van der Waals surface area contributed by atoms with Gasteiger partial charge in [-0.3, -0.25) is 4.99 Å². The fraction of sp³-hybridized carbons (Fsp3) is 0.375. The molecule has 0 amide bonds. The first kappa shape index (κ1) is 18.8. The summed E-state index contributed by atoms with van der Waals surface area (Å²) in [5, 5.41) is 6.55. The number of hydrogen-bond donors (Lipinski definition) is 2. The average Bonchev–Trinajstić information content (AvgIpc) is 3.00. The molecule has 1 aliphatic heterocycles. The van der Waals surface area contributed by atoms with E-state index in [0.29, 0.717) is 19.7 Å². The Bertz CT molecular complexity index is 692. The number of guanidine groups is 1. The van der Waals surface area contributed by atoms with Crippen LogP contribution in [0.25, 0.3) is 0 Å². The van der Waals surface area contributed by atoms with Gasteiger partial charge in [0, 0.05) is 11.9 Å². The van der Waals surface area contributed by atoms with Crippen LogP contribution in [0, 0.1) is 6.92 Å². The van der Waals surface area contributed by atoms with Gasteiger partial charge in [0.15, 0.2) is 17.5 Å². The maximum absolute atomic E-state index is 5.92. The van der Waals surface area contributed by atoms with E-state index in [9.17, 15) is 0 Å². The van der Waals surface area contributed by atoms with Crippen molar-refractivity contribution in [3.63, 3.8) is 0 Å². The lowest BCUT2D eigenvalue weighted by atomic mass is 10.2. The van der Waals surface area contributed by atoms with Crippen molar-refractivity contribution < 1.29 is 9.47 Å². The second kappa shape index (κ2) is 9.07. The molecule has 8 heteroatoms. The largest absolute Gasteiger partial charge is 0.486 e. The van der Waals surface area contributed by atoms with E-state index in [2.05, 4.69) is 20.6 Å². The molecule has 2 N–H and O–H groups in total. The quantitative estimate of drug-likeness (QED) is 0.417. The van der Waals surface area contributed by atoms with Crippen molar-refractivity contribution in [2.24, 2.45) is 4.99 Å². The van der Waals surface area contributed by atoms with Crippen molar-refractivity contribution in [1.29, 1.82) is 0 Å². The lowest BCUT2D eigenvalue weighted by Crippen LogP contribution is -2.45. The number of nitrogens with zero attached hydrogens (tertiary/aromatic N) is 2. The number of thiazole rings is 1. The molecule has 0 bridgehead atoms. The summed E-state index contributed by atoms with van der Waals surface area (Å²) in [6, 6.07) is 7.71. The Balaban J connectivity index is 0.00000208. The maximum atomic E-state index is 5.92. The van der Waals surface area contributed by atoms with Crippen molar-refractivity contribution in [3.05, 3.63) is 40.3 Å². The predicted octanol–water partition coefficient (Wildman–Crippen LogP) is 2.57. The molecule has 0 saturated carbocycles. The number of ether oxygens (including phenoxy) is 2. The number of halogens is 1. The highest BCUT2D eigenvalue weighted by Gasteiger charge is 2.20. The fourth-order valence-corrected chi connectivity index (χ4v) is 2.97. The first-order valence-corrected chi connectivity index (χ1v) is 8.36. The Labute approximate surface area is 162 Å². The van der Waals surface area contributed by atoms with E-state index < -0.39 is 0 Å². The van der Waals surface area contributed by atoms with Crippen LogP contribution < -0.4 is 20.1 Å². The molecule has 0 fully saturated rings. The zero-order valence-corrected chi connectivity index (χ0v) is 16.8. The number of fused-ring (bicyclic) bond motifs is 1. The number of aryl methyl sites for hydroxylation is 1. The van der Waals surface area contributed by atoms with Crippen LogP contribution in [0.15, 0.2) is 34.8 Å². The molecule has 2 aromatic rings. The van der Waals surface area contributed by atoms with Gasteiger partial charge in [-0.15, -0.1) is 35.3 Å². The van der Waals surface area contributed by atoms with E-state index in [1.54, 1.807) is 18.4 Å². The van der Waals surface area contributed by atoms with Gasteiger partial charge >= 0.3 is 0 Å². The molecule has 0 saturated heterocycles. The summed E-state index contributed by atoms with van der Waals surface area (Å²) in [6.45, 7) is 3.86. The SMILES string of the molecule is CN=C(NCc1scnc1C)NCC1COc2ccccc2O1.I. The molecular weight excluding hydrogens is 439 g/mol. The molecule has 0 aliphatic carbocycles. The summed E-state index contributed by atoms with van der Waals surface area (Å²) in [6.07, 6.45) is -0.0476. The van der Waals surface area contributed by atoms with Gasteiger partial charge in [0.2, 0.25) is 0 Å². The average molecular weight is 460 g/mol. The van der Waals surface area contributed by atoms with Crippen molar-refractivity contribution in [2.75, 3.05) is 20.2 Å². The zero-order chi connectivity index (χ0) is 16.1. The van der Waals surface area contributed by atoms with Crippen LogP contribution in [0.1, 0.15) is 10.6 Å². The van der Waals surface area contributed by atoms with Gasteiger partial charge in [-0.25, -0.2) is 4.98 Å². The molecule has 3 rings (SSSR count). The van der Waals surface area contributed by atoms with Crippen molar-refractivity contribution in [2.45, 2.75) is 19.6 Å². The minimum absolute atomic E-state index is 0. The minimum atomic E-state index is -0.0476. The molecule has 1 aromatic carbocycles.